The number of aromatic nitrogens is 2. The van der Waals surface area contributed by atoms with Gasteiger partial charge in [-0.25, -0.2) is 4.98 Å². The summed E-state index contributed by atoms with van der Waals surface area (Å²) in [7, 11) is 1.77. The van der Waals surface area contributed by atoms with E-state index in [4.69, 9.17) is 0 Å². The number of carbonyl (C=O) groups is 2. The van der Waals surface area contributed by atoms with Crippen molar-refractivity contribution in [1.29, 1.82) is 0 Å². The van der Waals surface area contributed by atoms with Gasteiger partial charge >= 0.3 is 0 Å². The van der Waals surface area contributed by atoms with E-state index in [0.29, 0.717) is 18.8 Å². The van der Waals surface area contributed by atoms with Crippen LogP contribution in [0.1, 0.15) is 36.3 Å². The van der Waals surface area contributed by atoms with Crippen LogP contribution in [0.4, 0.5) is 0 Å². The molecule has 0 aliphatic carbocycles. The van der Waals surface area contributed by atoms with E-state index in [1.165, 1.54) is 0 Å². The van der Waals surface area contributed by atoms with E-state index < -0.39 is 0 Å². The molecular formula is C12H18N4O2. The van der Waals surface area contributed by atoms with Crippen LogP contribution in [0.5, 0.6) is 0 Å². The van der Waals surface area contributed by atoms with Gasteiger partial charge in [0.25, 0.3) is 5.91 Å². The topological polar surface area (TPSA) is 76.0 Å². The molecular weight excluding hydrogens is 232 g/mol. The molecule has 1 aliphatic heterocycles. The van der Waals surface area contributed by atoms with E-state index in [9.17, 15) is 9.59 Å². The molecule has 1 unspecified atom stereocenters. The number of hydrogen-bond acceptors (Lipinski definition) is 3. The number of hydrogen-bond donors (Lipinski definition) is 2. The smallest absolute Gasteiger partial charge is 0.287 e. The van der Waals surface area contributed by atoms with Crippen molar-refractivity contribution in [1.82, 2.24) is 20.2 Å². The van der Waals surface area contributed by atoms with Crippen LogP contribution in [0.2, 0.25) is 0 Å². The van der Waals surface area contributed by atoms with Gasteiger partial charge in [-0.05, 0) is 12.8 Å². The zero-order valence-corrected chi connectivity index (χ0v) is 10.5. The first kappa shape index (κ1) is 12.6. The summed E-state index contributed by atoms with van der Waals surface area (Å²) < 4.78 is 1.67. The van der Waals surface area contributed by atoms with Crippen LogP contribution in [0.25, 0.3) is 0 Å². The highest BCUT2D eigenvalue weighted by atomic mass is 16.2. The fourth-order valence-electron chi connectivity index (χ4n) is 2.08. The van der Waals surface area contributed by atoms with Crippen molar-refractivity contribution in [3.63, 3.8) is 0 Å². The number of rotatable bonds is 3. The first-order valence-electron chi connectivity index (χ1n) is 6.21. The number of nitrogens with zero attached hydrogens (tertiary/aromatic N) is 2. The van der Waals surface area contributed by atoms with Crippen LogP contribution in [0.3, 0.4) is 0 Å². The molecule has 0 aromatic carbocycles. The molecule has 1 aromatic heterocycles. The van der Waals surface area contributed by atoms with Gasteiger partial charge in [0.15, 0.2) is 5.82 Å². The zero-order chi connectivity index (χ0) is 13.0. The summed E-state index contributed by atoms with van der Waals surface area (Å²) in [4.78, 5) is 27.2. The van der Waals surface area contributed by atoms with Crippen LogP contribution in [-0.4, -0.2) is 34.0 Å². The van der Waals surface area contributed by atoms with Crippen molar-refractivity contribution in [3.8, 4) is 0 Å². The highest BCUT2D eigenvalue weighted by Gasteiger charge is 2.18. The summed E-state index contributed by atoms with van der Waals surface area (Å²) in [5.41, 5.74) is 0. The van der Waals surface area contributed by atoms with Gasteiger partial charge in [0, 0.05) is 38.4 Å². The highest BCUT2D eigenvalue weighted by molar-refractivity contribution is 5.90. The van der Waals surface area contributed by atoms with Crippen LogP contribution < -0.4 is 10.6 Å². The minimum atomic E-state index is -0.207. The van der Waals surface area contributed by atoms with Crippen molar-refractivity contribution in [2.45, 2.75) is 31.7 Å². The third kappa shape index (κ3) is 3.09. The normalized spacial score (nSPS) is 20.1. The number of imidazole rings is 1. The molecule has 6 nitrogen and oxygen atoms in total. The molecule has 18 heavy (non-hydrogen) atoms. The van der Waals surface area contributed by atoms with E-state index in [-0.39, 0.29) is 17.9 Å². The summed E-state index contributed by atoms with van der Waals surface area (Å²) >= 11 is 0. The van der Waals surface area contributed by atoms with Crippen LogP contribution in [-0.2, 0) is 11.8 Å². The Balaban J connectivity index is 1.85. The first-order valence-corrected chi connectivity index (χ1v) is 6.21. The summed E-state index contributed by atoms with van der Waals surface area (Å²) in [6.45, 7) is 0.456. The molecule has 2 N–H and O–H groups in total. The van der Waals surface area contributed by atoms with Crippen LogP contribution in [0, 0.1) is 0 Å². The molecule has 1 saturated heterocycles. The Hall–Kier alpha value is -1.85. The maximum atomic E-state index is 11.8. The third-order valence-electron chi connectivity index (χ3n) is 3.10. The SMILES string of the molecule is Cn1ccnc1C(=O)NCC1CCCCC(=O)N1. The average molecular weight is 250 g/mol. The minimum absolute atomic E-state index is 0.0317. The molecule has 1 fully saturated rings. The molecule has 98 valence electrons. The van der Waals surface area contributed by atoms with E-state index in [1.807, 2.05) is 0 Å². The Morgan fingerprint density at radius 3 is 3.17 bits per heavy atom. The molecule has 1 aliphatic rings. The maximum Gasteiger partial charge on any atom is 0.287 e. The predicted octanol–water partition coefficient (Wildman–Crippen LogP) is 0.209. The molecule has 2 heterocycles. The number of aryl methyl sites for hydroxylation is 1. The fraction of sp³-hybridized carbons (Fsp3) is 0.583. The summed E-state index contributed by atoms with van der Waals surface area (Å²) in [5, 5.41) is 5.72. The summed E-state index contributed by atoms with van der Waals surface area (Å²) in [6, 6.07) is 0.0317. The quantitative estimate of drug-likeness (QED) is 0.805. The summed E-state index contributed by atoms with van der Waals surface area (Å²) in [5.74, 6) is 0.250. The van der Waals surface area contributed by atoms with Crippen molar-refractivity contribution < 1.29 is 9.59 Å². The van der Waals surface area contributed by atoms with Gasteiger partial charge in [-0.3, -0.25) is 9.59 Å². The molecule has 2 rings (SSSR count). The Morgan fingerprint density at radius 2 is 2.44 bits per heavy atom. The lowest BCUT2D eigenvalue weighted by molar-refractivity contribution is -0.121. The summed E-state index contributed by atoms with van der Waals surface area (Å²) in [6.07, 6.45) is 6.75. The lowest BCUT2D eigenvalue weighted by Crippen LogP contribution is -2.42. The second-order valence-corrected chi connectivity index (χ2v) is 4.58. The lowest BCUT2D eigenvalue weighted by Gasteiger charge is -2.16. The second kappa shape index (κ2) is 5.66. The Bertz CT molecular complexity index is 441. The fourth-order valence-corrected chi connectivity index (χ4v) is 2.08. The van der Waals surface area contributed by atoms with Gasteiger partial charge in [0.05, 0.1) is 0 Å². The van der Waals surface area contributed by atoms with Crippen molar-refractivity contribution in [3.05, 3.63) is 18.2 Å². The van der Waals surface area contributed by atoms with Gasteiger partial charge in [-0.1, -0.05) is 6.42 Å². The van der Waals surface area contributed by atoms with Gasteiger partial charge in [0.1, 0.15) is 0 Å². The largest absolute Gasteiger partial charge is 0.352 e. The van der Waals surface area contributed by atoms with Gasteiger partial charge in [0.2, 0.25) is 5.91 Å². The van der Waals surface area contributed by atoms with E-state index >= 15 is 0 Å². The molecule has 2 amide bonds. The van der Waals surface area contributed by atoms with E-state index in [0.717, 1.165) is 19.3 Å². The van der Waals surface area contributed by atoms with Gasteiger partial charge in [-0.2, -0.15) is 0 Å². The Morgan fingerprint density at radius 1 is 1.61 bits per heavy atom. The molecule has 1 aromatic rings. The minimum Gasteiger partial charge on any atom is -0.352 e. The third-order valence-corrected chi connectivity index (χ3v) is 3.10. The monoisotopic (exact) mass is 250 g/mol. The van der Waals surface area contributed by atoms with Crippen molar-refractivity contribution >= 4 is 11.8 Å². The zero-order valence-electron chi connectivity index (χ0n) is 10.5. The molecule has 0 bridgehead atoms. The number of carbonyl (C=O) groups excluding carboxylic acids is 2. The number of nitrogens with one attached hydrogen (secondary N) is 2. The molecule has 1 atom stereocenters. The lowest BCUT2D eigenvalue weighted by atomic mass is 10.1. The number of amides is 2. The van der Waals surface area contributed by atoms with Crippen molar-refractivity contribution in [2.24, 2.45) is 7.05 Å². The molecule has 0 radical (unpaired) electrons. The highest BCUT2D eigenvalue weighted by Crippen LogP contribution is 2.08. The molecule has 6 heteroatoms. The Labute approximate surface area is 106 Å². The first-order chi connectivity index (χ1) is 8.66. The van der Waals surface area contributed by atoms with E-state index in [1.54, 1.807) is 24.0 Å². The van der Waals surface area contributed by atoms with Gasteiger partial charge in [-0.15, -0.1) is 0 Å². The maximum absolute atomic E-state index is 11.8. The Kier molecular flexibility index (Phi) is 3.96. The predicted molar refractivity (Wildman–Crippen MR) is 65.9 cm³/mol. The molecule has 0 saturated carbocycles. The standard InChI is InChI=1S/C12H18N4O2/c1-16-7-6-13-11(16)12(18)14-8-9-4-2-3-5-10(17)15-9/h6-7,9H,2-5,8H2,1H3,(H,14,18)(H,15,17). The van der Waals surface area contributed by atoms with E-state index in [2.05, 4.69) is 15.6 Å². The van der Waals surface area contributed by atoms with Crippen LogP contribution >= 0.6 is 0 Å². The second-order valence-electron chi connectivity index (χ2n) is 4.58. The van der Waals surface area contributed by atoms with Gasteiger partial charge < -0.3 is 15.2 Å². The average Bonchev–Trinajstić information content (AvgIpc) is 2.65. The van der Waals surface area contributed by atoms with Crippen LogP contribution in [0.15, 0.2) is 12.4 Å². The molecule has 0 spiro atoms. The van der Waals surface area contributed by atoms with Crippen molar-refractivity contribution in [2.75, 3.05) is 6.54 Å².